The number of rotatable bonds is 5. The molecule has 33 heavy (non-hydrogen) atoms. The molecule has 0 aliphatic carbocycles. The molecule has 6 heteroatoms. The molecule has 0 atom stereocenters. The maximum Gasteiger partial charge on any atom is 0.282 e. The van der Waals surface area contributed by atoms with Crippen LogP contribution < -0.4 is 14.4 Å². The molecule has 0 aromatic heterocycles. The van der Waals surface area contributed by atoms with Gasteiger partial charge in [-0.3, -0.25) is 9.59 Å². The average molecular weight is 440 g/mol. The van der Waals surface area contributed by atoms with Crippen LogP contribution in [0.2, 0.25) is 0 Å². The summed E-state index contributed by atoms with van der Waals surface area (Å²) in [6, 6.07) is 22.5. The summed E-state index contributed by atoms with van der Waals surface area (Å²) in [5, 5.41) is 0. The van der Waals surface area contributed by atoms with E-state index in [1.165, 1.54) is 16.0 Å². The fraction of sp³-hybridized carbons (Fsp3) is 0.185. The van der Waals surface area contributed by atoms with Crippen molar-refractivity contribution in [3.05, 3.63) is 95.2 Å². The van der Waals surface area contributed by atoms with Crippen molar-refractivity contribution in [2.45, 2.75) is 13.0 Å². The number of fused-ring (bicyclic) bond motifs is 1. The van der Waals surface area contributed by atoms with E-state index in [2.05, 4.69) is 12.1 Å². The SMILES string of the molecule is COc1ccc(C2=C(N3CCc4ccccc4C3)C(=O)N(c3cccc(OC)c3)C2=O)cc1. The van der Waals surface area contributed by atoms with Crippen LogP contribution in [0.15, 0.2) is 78.5 Å². The number of anilines is 1. The predicted molar refractivity (Wildman–Crippen MR) is 126 cm³/mol. The highest BCUT2D eigenvalue weighted by Gasteiger charge is 2.43. The van der Waals surface area contributed by atoms with Crippen LogP contribution in [0.1, 0.15) is 16.7 Å². The van der Waals surface area contributed by atoms with Crippen molar-refractivity contribution in [1.82, 2.24) is 4.90 Å². The molecular weight excluding hydrogens is 416 g/mol. The number of imide groups is 1. The van der Waals surface area contributed by atoms with E-state index < -0.39 is 0 Å². The first-order chi connectivity index (χ1) is 16.1. The van der Waals surface area contributed by atoms with Gasteiger partial charge in [-0.2, -0.15) is 0 Å². The van der Waals surface area contributed by atoms with Crippen molar-refractivity contribution in [3.8, 4) is 11.5 Å². The van der Waals surface area contributed by atoms with Crippen LogP contribution in [0, 0.1) is 0 Å². The maximum absolute atomic E-state index is 13.8. The Labute approximate surface area is 192 Å². The summed E-state index contributed by atoms with van der Waals surface area (Å²) in [5.41, 5.74) is 4.47. The van der Waals surface area contributed by atoms with Gasteiger partial charge in [0.05, 0.1) is 25.5 Å². The normalized spacial score (nSPS) is 15.7. The first-order valence-electron chi connectivity index (χ1n) is 10.8. The van der Waals surface area contributed by atoms with Gasteiger partial charge >= 0.3 is 0 Å². The predicted octanol–water partition coefficient (Wildman–Crippen LogP) is 4.05. The second-order valence-corrected chi connectivity index (χ2v) is 8.04. The Bertz CT molecular complexity index is 1260. The van der Waals surface area contributed by atoms with Crippen molar-refractivity contribution >= 4 is 23.1 Å². The molecule has 166 valence electrons. The number of ether oxygens (including phenoxy) is 2. The number of carbonyl (C=O) groups is 2. The molecule has 6 nitrogen and oxygen atoms in total. The van der Waals surface area contributed by atoms with Crippen molar-refractivity contribution in [2.75, 3.05) is 25.7 Å². The molecule has 0 unspecified atom stereocenters. The Hall–Kier alpha value is -4.06. The number of nitrogens with zero attached hydrogens (tertiary/aromatic N) is 2. The Balaban J connectivity index is 1.61. The summed E-state index contributed by atoms with van der Waals surface area (Å²) < 4.78 is 10.6. The summed E-state index contributed by atoms with van der Waals surface area (Å²) in [4.78, 5) is 30.8. The van der Waals surface area contributed by atoms with Gasteiger partial charge in [-0.05, 0) is 47.4 Å². The first-order valence-corrected chi connectivity index (χ1v) is 10.8. The number of benzene rings is 3. The minimum Gasteiger partial charge on any atom is -0.497 e. The fourth-order valence-corrected chi connectivity index (χ4v) is 4.50. The van der Waals surface area contributed by atoms with Crippen LogP contribution in [0.25, 0.3) is 5.57 Å². The Morgan fingerprint density at radius 2 is 1.48 bits per heavy atom. The summed E-state index contributed by atoms with van der Waals surface area (Å²) in [7, 11) is 3.16. The second kappa shape index (κ2) is 8.47. The molecule has 0 bridgehead atoms. The van der Waals surface area contributed by atoms with Crippen molar-refractivity contribution in [3.63, 3.8) is 0 Å². The van der Waals surface area contributed by atoms with E-state index in [0.717, 1.165) is 6.42 Å². The number of amides is 2. The van der Waals surface area contributed by atoms with Crippen LogP contribution in [-0.2, 0) is 22.6 Å². The zero-order chi connectivity index (χ0) is 22.9. The van der Waals surface area contributed by atoms with Crippen LogP contribution >= 0.6 is 0 Å². The molecule has 0 N–H and O–H groups in total. The standard InChI is InChI=1S/C27H24N2O4/c1-32-22-12-10-19(11-13-22)24-25(28-15-14-18-6-3-4-7-20(18)17-28)27(31)29(26(24)30)21-8-5-9-23(16-21)33-2/h3-13,16H,14-15,17H2,1-2H3. The van der Waals surface area contributed by atoms with Crippen molar-refractivity contribution in [2.24, 2.45) is 0 Å². The first kappa shape index (κ1) is 20.8. The van der Waals surface area contributed by atoms with Gasteiger partial charge in [-0.1, -0.05) is 42.5 Å². The van der Waals surface area contributed by atoms with Gasteiger partial charge in [0.1, 0.15) is 17.2 Å². The van der Waals surface area contributed by atoms with Crippen LogP contribution in [0.3, 0.4) is 0 Å². The summed E-state index contributed by atoms with van der Waals surface area (Å²) in [6.07, 6.45) is 0.816. The van der Waals surface area contributed by atoms with E-state index >= 15 is 0 Å². The lowest BCUT2D eigenvalue weighted by atomic mass is 9.98. The maximum atomic E-state index is 13.8. The molecule has 3 aromatic carbocycles. The third-order valence-corrected chi connectivity index (χ3v) is 6.20. The van der Waals surface area contributed by atoms with E-state index in [0.29, 0.717) is 47.1 Å². The summed E-state index contributed by atoms with van der Waals surface area (Å²) in [5.74, 6) is 0.611. The topological polar surface area (TPSA) is 59.1 Å². The monoisotopic (exact) mass is 440 g/mol. The molecule has 0 saturated heterocycles. The molecule has 0 saturated carbocycles. The van der Waals surface area contributed by atoms with Gasteiger partial charge < -0.3 is 14.4 Å². The average Bonchev–Trinajstić information content (AvgIpc) is 3.13. The Kier molecular flexibility index (Phi) is 5.34. The highest BCUT2D eigenvalue weighted by molar-refractivity contribution is 6.45. The lowest BCUT2D eigenvalue weighted by molar-refractivity contribution is -0.120. The Morgan fingerprint density at radius 1 is 0.758 bits per heavy atom. The lowest BCUT2D eigenvalue weighted by Gasteiger charge is -2.31. The molecular formula is C27H24N2O4. The minimum absolute atomic E-state index is 0.321. The fourth-order valence-electron chi connectivity index (χ4n) is 4.50. The van der Waals surface area contributed by atoms with Crippen LogP contribution in [0.4, 0.5) is 5.69 Å². The molecule has 0 fully saturated rings. The molecule has 2 aliphatic heterocycles. The van der Waals surface area contributed by atoms with E-state index in [4.69, 9.17) is 9.47 Å². The number of hydrogen-bond acceptors (Lipinski definition) is 5. The van der Waals surface area contributed by atoms with Gasteiger partial charge in [0.25, 0.3) is 11.8 Å². The highest BCUT2D eigenvalue weighted by Crippen LogP contribution is 2.37. The van der Waals surface area contributed by atoms with E-state index in [-0.39, 0.29) is 11.8 Å². The molecule has 0 spiro atoms. The van der Waals surface area contributed by atoms with Gasteiger partial charge in [0, 0.05) is 19.2 Å². The van der Waals surface area contributed by atoms with Gasteiger partial charge in [0.2, 0.25) is 0 Å². The summed E-state index contributed by atoms with van der Waals surface area (Å²) >= 11 is 0. The van der Waals surface area contributed by atoms with Crippen LogP contribution in [-0.4, -0.2) is 37.5 Å². The Morgan fingerprint density at radius 3 is 2.21 bits per heavy atom. The van der Waals surface area contributed by atoms with Crippen LogP contribution in [0.5, 0.6) is 11.5 Å². The van der Waals surface area contributed by atoms with Crippen molar-refractivity contribution in [1.29, 1.82) is 0 Å². The van der Waals surface area contributed by atoms with Crippen molar-refractivity contribution < 1.29 is 19.1 Å². The third kappa shape index (κ3) is 3.63. The molecule has 2 aliphatic rings. The van der Waals surface area contributed by atoms with Gasteiger partial charge in [0.15, 0.2) is 0 Å². The summed E-state index contributed by atoms with van der Waals surface area (Å²) in [6.45, 7) is 1.24. The van der Waals surface area contributed by atoms with E-state index in [1.807, 2.05) is 29.2 Å². The van der Waals surface area contributed by atoms with Gasteiger partial charge in [-0.25, -0.2) is 4.90 Å². The molecule has 0 radical (unpaired) electrons. The third-order valence-electron chi connectivity index (χ3n) is 6.20. The second-order valence-electron chi connectivity index (χ2n) is 8.04. The molecule has 2 heterocycles. The zero-order valence-corrected chi connectivity index (χ0v) is 18.6. The minimum atomic E-state index is -0.340. The largest absolute Gasteiger partial charge is 0.497 e. The number of methoxy groups -OCH3 is 2. The highest BCUT2D eigenvalue weighted by atomic mass is 16.5. The van der Waals surface area contributed by atoms with Gasteiger partial charge in [-0.15, -0.1) is 0 Å². The number of hydrogen-bond donors (Lipinski definition) is 0. The smallest absolute Gasteiger partial charge is 0.282 e. The van der Waals surface area contributed by atoms with E-state index in [1.54, 1.807) is 50.6 Å². The molecule has 3 aromatic rings. The lowest BCUT2D eigenvalue weighted by Crippen LogP contribution is -2.37. The quantitative estimate of drug-likeness (QED) is 0.561. The molecule has 5 rings (SSSR count). The molecule has 2 amide bonds. The van der Waals surface area contributed by atoms with E-state index in [9.17, 15) is 9.59 Å². The number of carbonyl (C=O) groups excluding carboxylic acids is 2. The zero-order valence-electron chi connectivity index (χ0n) is 18.6.